The summed E-state index contributed by atoms with van der Waals surface area (Å²) in [6.07, 6.45) is 0. The summed E-state index contributed by atoms with van der Waals surface area (Å²) >= 11 is 0. The number of rotatable bonds is 3. The third-order valence-corrected chi connectivity index (χ3v) is 3.38. The Balaban J connectivity index is 2.08. The van der Waals surface area contributed by atoms with Gasteiger partial charge < -0.3 is 9.52 Å². The minimum absolute atomic E-state index is 0.0557. The average molecular weight is 269 g/mol. The summed E-state index contributed by atoms with van der Waals surface area (Å²) in [6.45, 7) is 2.43. The van der Waals surface area contributed by atoms with Crippen LogP contribution in [0, 0.1) is 6.92 Å². The van der Waals surface area contributed by atoms with Crippen LogP contribution in [0.2, 0.25) is 0 Å². The third kappa shape index (κ3) is 2.26. The fourth-order valence-corrected chi connectivity index (χ4v) is 2.23. The molecule has 102 valence electrons. The molecule has 0 radical (unpaired) electrons. The lowest BCUT2D eigenvalue weighted by atomic mass is 10.1. The number of hydrogen-bond acceptors (Lipinski definition) is 3. The number of hydrogen-bond donors (Lipinski definition) is 1. The van der Waals surface area contributed by atoms with Crippen LogP contribution in [0.15, 0.2) is 51.7 Å². The van der Waals surface area contributed by atoms with Crippen LogP contribution in [0.1, 0.15) is 16.7 Å². The van der Waals surface area contributed by atoms with Crippen LogP contribution >= 0.6 is 0 Å². The summed E-state index contributed by atoms with van der Waals surface area (Å²) < 4.78 is 6.80. The highest BCUT2D eigenvalue weighted by atomic mass is 16.4. The minimum Gasteiger partial charge on any atom is -0.408 e. The van der Waals surface area contributed by atoms with Crippen LogP contribution in [0.4, 0.5) is 0 Å². The smallest absolute Gasteiger partial charge is 0.408 e. The number of aromatic nitrogens is 1. The van der Waals surface area contributed by atoms with Gasteiger partial charge in [-0.15, -0.1) is 0 Å². The molecule has 0 saturated carbocycles. The molecule has 1 heterocycles. The van der Waals surface area contributed by atoms with Gasteiger partial charge in [0.2, 0.25) is 0 Å². The number of benzene rings is 2. The highest BCUT2D eigenvalue weighted by molar-refractivity contribution is 5.73. The van der Waals surface area contributed by atoms with Gasteiger partial charge in [-0.2, -0.15) is 0 Å². The van der Waals surface area contributed by atoms with Crippen LogP contribution in [-0.2, 0) is 13.2 Å². The molecule has 4 nitrogen and oxygen atoms in total. The Morgan fingerprint density at radius 1 is 1.10 bits per heavy atom. The topological polar surface area (TPSA) is 55.4 Å². The Morgan fingerprint density at radius 3 is 2.50 bits per heavy atom. The first-order valence-corrected chi connectivity index (χ1v) is 6.46. The zero-order valence-corrected chi connectivity index (χ0v) is 11.2. The molecule has 4 heteroatoms. The van der Waals surface area contributed by atoms with Gasteiger partial charge in [-0.3, -0.25) is 4.57 Å². The predicted octanol–water partition coefficient (Wildman–Crippen LogP) is 2.44. The summed E-state index contributed by atoms with van der Waals surface area (Å²) in [5, 5.41) is 9.20. The first-order chi connectivity index (χ1) is 9.67. The Kier molecular flexibility index (Phi) is 3.16. The third-order valence-electron chi connectivity index (χ3n) is 3.38. The molecule has 1 N–H and O–H groups in total. The molecular formula is C16H15NO3. The molecule has 20 heavy (non-hydrogen) atoms. The lowest BCUT2D eigenvalue weighted by Gasteiger charge is -2.04. The summed E-state index contributed by atoms with van der Waals surface area (Å²) in [5.41, 5.74) is 4.23. The number of nitrogens with zero attached hydrogens (tertiary/aromatic N) is 1. The predicted molar refractivity (Wildman–Crippen MR) is 76.7 cm³/mol. The standard InChI is InChI=1S/C16H15NO3/c1-11-2-4-12(5-3-11)9-17-14-8-13(10-18)6-7-15(14)20-16(17)19/h2-8,18H,9-10H2,1H3. The van der Waals surface area contributed by atoms with Crippen molar-refractivity contribution in [2.24, 2.45) is 0 Å². The maximum absolute atomic E-state index is 11.9. The highest BCUT2D eigenvalue weighted by Gasteiger charge is 2.10. The van der Waals surface area contributed by atoms with Crippen molar-refractivity contribution in [1.82, 2.24) is 4.57 Å². The van der Waals surface area contributed by atoms with E-state index >= 15 is 0 Å². The van der Waals surface area contributed by atoms with E-state index in [0.717, 1.165) is 11.1 Å². The van der Waals surface area contributed by atoms with Crippen molar-refractivity contribution in [3.05, 3.63) is 69.7 Å². The number of fused-ring (bicyclic) bond motifs is 1. The fourth-order valence-electron chi connectivity index (χ4n) is 2.23. The number of oxazole rings is 1. The van der Waals surface area contributed by atoms with E-state index in [-0.39, 0.29) is 12.4 Å². The first-order valence-electron chi connectivity index (χ1n) is 6.46. The van der Waals surface area contributed by atoms with Crippen LogP contribution in [-0.4, -0.2) is 9.67 Å². The van der Waals surface area contributed by atoms with E-state index in [9.17, 15) is 9.90 Å². The van der Waals surface area contributed by atoms with Crippen molar-refractivity contribution in [3.8, 4) is 0 Å². The van der Waals surface area contributed by atoms with Crippen LogP contribution in [0.5, 0.6) is 0 Å². The van der Waals surface area contributed by atoms with Crippen molar-refractivity contribution >= 4 is 11.1 Å². The lowest BCUT2D eigenvalue weighted by Crippen LogP contribution is -2.14. The molecule has 0 bridgehead atoms. The Labute approximate surface area is 115 Å². The molecule has 1 aromatic heterocycles. The largest absolute Gasteiger partial charge is 0.420 e. The summed E-state index contributed by atoms with van der Waals surface area (Å²) in [4.78, 5) is 11.9. The molecule has 0 atom stereocenters. The molecule has 0 spiro atoms. The van der Waals surface area contributed by atoms with Crippen molar-refractivity contribution in [1.29, 1.82) is 0 Å². The van der Waals surface area contributed by atoms with Gasteiger partial charge in [-0.05, 0) is 30.2 Å². The normalized spacial score (nSPS) is 11.1. The second-order valence-electron chi connectivity index (χ2n) is 4.90. The van der Waals surface area contributed by atoms with Crippen molar-refractivity contribution in [2.45, 2.75) is 20.1 Å². The molecule has 3 aromatic rings. The van der Waals surface area contributed by atoms with Crippen molar-refractivity contribution in [2.75, 3.05) is 0 Å². The number of aryl methyl sites for hydroxylation is 1. The van der Waals surface area contributed by atoms with Gasteiger partial charge in [0.05, 0.1) is 18.7 Å². The van der Waals surface area contributed by atoms with E-state index in [1.807, 2.05) is 31.2 Å². The van der Waals surface area contributed by atoms with Gasteiger partial charge in [0.1, 0.15) is 0 Å². The quantitative estimate of drug-likeness (QED) is 0.794. The van der Waals surface area contributed by atoms with Gasteiger partial charge in [0, 0.05) is 0 Å². The Bertz CT molecular complexity index is 797. The SMILES string of the molecule is Cc1ccc(Cn2c(=O)oc3ccc(CO)cc32)cc1. The maximum atomic E-state index is 11.9. The van der Waals surface area contributed by atoms with E-state index in [1.165, 1.54) is 5.56 Å². The van der Waals surface area contributed by atoms with Gasteiger partial charge in [-0.25, -0.2) is 4.79 Å². The van der Waals surface area contributed by atoms with Gasteiger partial charge in [-0.1, -0.05) is 35.9 Å². The lowest BCUT2D eigenvalue weighted by molar-refractivity contribution is 0.282. The van der Waals surface area contributed by atoms with E-state index in [4.69, 9.17) is 4.42 Å². The molecule has 0 unspecified atom stereocenters. The molecule has 0 saturated heterocycles. The number of aliphatic hydroxyl groups is 1. The summed E-state index contributed by atoms with van der Waals surface area (Å²) in [6, 6.07) is 13.3. The maximum Gasteiger partial charge on any atom is 0.420 e. The zero-order chi connectivity index (χ0) is 14.1. The summed E-state index contributed by atoms with van der Waals surface area (Å²) in [5.74, 6) is -0.379. The van der Waals surface area contributed by atoms with E-state index < -0.39 is 0 Å². The molecule has 3 rings (SSSR count). The first kappa shape index (κ1) is 12.7. The van der Waals surface area contributed by atoms with Crippen molar-refractivity contribution < 1.29 is 9.52 Å². The van der Waals surface area contributed by atoms with E-state index in [1.54, 1.807) is 22.8 Å². The molecule has 0 aliphatic heterocycles. The Morgan fingerprint density at radius 2 is 1.80 bits per heavy atom. The van der Waals surface area contributed by atoms with Gasteiger partial charge in [0.15, 0.2) is 5.58 Å². The second-order valence-corrected chi connectivity index (χ2v) is 4.90. The van der Waals surface area contributed by atoms with Gasteiger partial charge in [0.25, 0.3) is 0 Å². The second kappa shape index (κ2) is 4.98. The molecule has 0 amide bonds. The van der Waals surface area contributed by atoms with Gasteiger partial charge >= 0.3 is 5.76 Å². The highest BCUT2D eigenvalue weighted by Crippen LogP contribution is 2.16. The Hall–Kier alpha value is -2.33. The monoisotopic (exact) mass is 269 g/mol. The van der Waals surface area contributed by atoms with E-state index in [2.05, 4.69) is 0 Å². The molecular weight excluding hydrogens is 254 g/mol. The molecule has 0 aliphatic carbocycles. The average Bonchev–Trinajstić information content (AvgIpc) is 2.77. The van der Waals surface area contributed by atoms with E-state index in [0.29, 0.717) is 17.6 Å². The zero-order valence-electron chi connectivity index (χ0n) is 11.2. The van der Waals surface area contributed by atoms with Crippen LogP contribution < -0.4 is 5.76 Å². The number of aliphatic hydroxyl groups excluding tert-OH is 1. The fraction of sp³-hybridized carbons (Fsp3) is 0.188. The molecule has 2 aromatic carbocycles. The van der Waals surface area contributed by atoms with Crippen LogP contribution in [0.25, 0.3) is 11.1 Å². The van der Waals surface area contributed by atoms with Crippen LogP contribution in [0.3, 0.4) is 0 Å². The van der Waals surface area contributed by atoms with Crippen molar-refractivity contribution in [3.63, 3.8) is 0 Å². The molecule has 0 aliphatic rings. The minimum atomic E-state index is -0.379. The molecule has 0 fully saturated rings. The summed E-state index contributed by atoms with van der Waals surface area (Å²) in [7, 11) is 0.